The molecule has 1 amide bonds. The number of rotatable bonds is 1. The van der Waals surface area contributed by atoms with Gasteiger partial charge in [-0.1, -0.05) is 23.2 Å². The number of hydrogen-bond donors (Lipinski definition) is 1. The fourth-order valence-electron chi connectivity index (χ4n) is 1.90. The quantitative estimate of drug-likeness (QED) is 0.840. The van der Waals surface area contributed by atoms with Gasteiger partial charge in [0.15, 0.2) is 0 Å². The van der Waals surface area contributed by atoms with Crippen molar-refractivity contribution < 1.29 is 24.2 Å². The van der Waals surface area contributed by atoms with E-state index < -0.39 is 23.8 Å². The molecule has 0 spiro atoms. The lowest BCUT2D eigenvalue weighted by atomic mass is 10.2. The van der Waals surface area contributed by atoms with E-state index in [9.17, 15) is 9.59 Å². The van der Waals surface area contributed by atoms with Crippen LogP contribution in [0.25, 0.3) is 0 Å². The van der Waals surface area contributed by atoms with Crippen LogP contribution in [0.1, 0.15) is 20.8 Å². The minimum absolute atomic E-state index is 0.166. The number of carboxylic acids is 1. The Labute approximate surface area is 137 Å². The van der Waals surface area contributed by atoms with Crippen molar-refractivity contribution in [2.75, 3.05) is 11.4 Å². The summed E-state index contributed by atoms with van der Waals surface area (Å²) in [6.45, 7) is 4.97. The number of amides is 1. The minimum Gasteiger partial charge on any atom is -0.478 e. The molecule has 2 rings (SSSR count). The first kappa shape index (κ1) is 16.7. The number of carbonyl (C=O) groups is 2. The summed E-state index contributed by atoms with van der Waals surface area (Å²) in [5, 5.41) is 9.59. The van der Waals surface area contributed by atoms with E-state index >= 15 is 0 Å². The molecule has 1 heterocycles. The number of nitrogens with zero attached hydrogens (tertiary/aromatic N) is 1. The number of hydrogen-bond acceptors (Lipinski definition) is 4. The van der Waals surface area contributed by atoms with Crippen molar-refractivity contribution >= 4 is 41.0 Å². The van der Waals surface area contributed by atoms with E-state index in [4.69, 9.17) is 37.8 Å². The zero-order chi connectivity index (χ0) is 16.7. The van der Waals surface area contributed by atoms with Gasteiger partial charge in [0.2, 0.25) is 6.10 Å². The van der Waals surface area contributed by atoms with Crippen molar-refractivity contribution in [3.8, 4) is 5.75 Å². The zero-order valence-corrected chi connectivity index (χ0v) is 13.7. The third-order valence-electron chi connectivity index (χ3n) is 2.80. The Morgan fingerprint density at radius 2 is 1.91 bits per heavy atom. The number of halogens is 2. The van der Waals surface area contributed by atoms with Crippen molar-refractivity contribution in [1.29, 1.82) is 0 Å². The molecule has 8 heteroatoms. The van der Waals surface area contributed by atoms with E-state index in [-0.39, 0.29) is 22.3 Å². The molecular weight excluding hydrogens is 333 g/mol. The van der Waals surface area contributed by atoms with Crippen molar-refractivity contribution in [3.63, 3.8) is 0 Å². The highest BCUT2D eigenvalue weighted by molar-refractivity contribution is 6.42. The SMILES string of the molecule is CC(C)(C)OC(=O)N1CC(C(=O)O)Oc2cc(Cl)c(Cl)cc21. The van der Waals surface area contributed by atoms with Crippen LogP contribution in [0.3, 0.4) is 0 Å². The highest BCUT2D eigenvalue weighted by Crippen LogP contribution is 2.40. The molecule has 1 aromatic rings. The fourth-order valence-corrected chi connectivity index (χ4v) is 2.21. The molecule has 1 aromatic carbocycles. The highest BCUT2D eigenvalue weighted by Gasteiger charge is 2.36. The molecule has 0 radical (unpaired) electrons. The summed E-state index contributed by atoms with van der Waals surface area (Å²) in [5.74, 6) is -1.02. The predicted octanol–water partition coefficient (Wildman–Crippen LogP) is 3.58. The summed E-state index contributed by atoms with van der Waals surface area (Å²) in [6.07, 6.45) is -1.89. The first-order valence-corrected chi connectivity index (χ1v) is 7.23. The normalized spacial score (nSPS) is 17.5. The smallest absolute Gasteiger partial charge is 0.415 e. The Balaban J connectivity index is 2.43. The summed E-state index contributed by atoms with van der Waals surface area (Å²) in [5.41, 5.74) is -0.397. The molecule has 0 aliphatic carbocycles. The minimum atomic E-state index is -1.21. The highest BCUT2D eigenvalue weighted by atomic mass is 35.5. The number of benzene rings is 1. The van der Waals surface area contributed by atoms with E-state index in [0.717, 1.165) is 0 Å². The van der Waals surface area contributed by atoms with Gasteiger partial charge >= 0.3 is 12.1 Å². The molecule has 22 heavy (non-hydrogen) atoms. The van der Waals surface area contributed by atoms with Crippen molar-refractivity contribution in [3.05, 3.63) is 22.2 Å². The molecule has 120 valence electrons. The van der Waals surface area contributed by atoms with Gasteiger partial charge in [0.05, 0.1) is 22.3 Å². The molecule has 1 unspecified atom stereocenters. The van der Waals surface area contributed by atoms with Crippen LogP contribution in [0.15, 0.2) is 12.1 Å². The van der Waals surface area contributed by atoms with Gasteiger partial charge in [-0.25, -0.2) is 9.59 Å². The maximum absolute atomic E-state index is 12.3. The van der Waals surface area contributed by atoms with Crippen LogP contribution in [-0.2, 0) is 9.53 Å². The van der Waals surface area contributed by atoms with Gasteiger partial charge in [-0.05, 0) is 26.8 Å². The largest absolute Gasteiger partial charge is 0.478 e. The third-order valence-corrected chi connectivity index (χ3v) is 3.52. The van der Waals surface area contributed by atoms with E-state index in [1.54, 1.807) is 20.8 Å². The zero-order valence-electron chi connectivity index (χ0n) is 12.2. The van der Waals surface area contributed by atoms with Crippen LogP contribution in [0.4, 0.5) is 10.5 Å². The molecule has 0 fully saturated rings. The van der Waals surface area contributed by atoms with E-state index in [0.29, 0.717) is 5.69 Å². The molecule has 6 nitrogen and oxygen atoms in total. The van der Waals surface area contributed by atoms with E-state index in [1.807, 2.05) is 0 Å². The Hall–Kier alpha value is -1.66. The Morgan fingerprint density at radius 3 is 2.45 bits per heavy atom. The summed E-state index contributed by atoms with van der Waals surface area (Å²) in [6, 6.07) is 2.83. The lowest BCUT2D eigenvalue weighted by Crippen LogP contribution is -2.48. The third kappa shape index (κ3) is 3.56. The first-order valence-electron chi connectivity index (χ1n) is 6.47. The van der Waals surface area contributed by atoms with Crippen molar-refractivity contribution in [1.82, 2.24) is 0 Å². The molecule has 1 aliphatic heterocycles. The van der Waals surface area contributed by atoms with Crippen molar-refractivity contribution in [2.45, 2.75) is 32.5 Å². The molecule has 0 aromatic heterocycles. The van der Waals surface area contributed by atoms with Crippen LogP contribution in [-0.4, -0.2) is 35.4 Å². The van der Waals surface area contributed by atoms with Crippen molar-refractivity contribution in [2.24, 2.45) is 0 Å². The molecule has 0 bridgehead atoms. The average Bonchev–Trinajstić information content (AvgIpc) is 2.36. The maximum Gasteiger partial charge on any atom is 0.415 e. The van der Waals surface area contributed by atoms with Gasteiger partial charge in [-0.15, -0.1) is 0 Å². The lowest BCUT2D eigenvalue weighted by molar-refractivity contribution is -0.144. The van der Waals surface area contributed by atoms with Gasteiger partial charge in [-0.3, -0.25) is 4.90 Å². The first-order chi connectivity index (χ1) is 10.1. The second-order valence-corrected chi connectivity index (χ2v) is 6.58. The number of anilines is 1. The van der Waals surface area contributed by atoms with Gasteiger partial charge in [0, 0.05) is 6.07 Å². The standard InChI is InChI=1S/C14H15Cl2NO5/c1-14(2,3)22-13(20)17-6-11(12(18)19)21-10-5-8(16)7(15)4-9(10)17/h4-5,11H,6H2,1-3H3,(H,18,19). The number of fused-ring (bicyclic) bond motifs is 1. The number of carbonyl (C=O) groups excluding carboxylic acids is 1. The molecule has 1 aliphatic rings. The van der Waals surface area contributed by atoms with Gasteiger partial charge in [-0.2, -0.15) is 0 Å². The second kappa shape index (κ2) is 5.85. The van der Waals surface area contributed by atoms with Crippen LogP contribution in [0.2, 0.25) is 10.0 Å². The van der Waals surface area contributed by atoms with E-state index in [2.05, 4.69) is 0 Å². The van der Waals surface area contributed by atoms with Gasteiger partial charge < -0.3 is 14.6 Å². The monoisotopic (exact) mass is 347 g/mol. The van der Waals surface area contributed by atoms with Gasteiger partial charge in [0.25, 0.3) is 0 Å². The molecular formula is C14H15Cl2NO5. The Bertz CT molecular complexity index is 626. The Kier molecular flexibility index (Phi) is 4.44. The van der Waals surface area contributed by atoms with E-state index in [1.165, 1.54) is 17.0 Å². The number of aliphatic carboxylic acids is 1. The fraction of sp³-hybridized carbons (Fsp3) is 0.429. The second-order valence-electron chi connectivity index (χ2n) is 5.77. The van der Waals surface area contributed by atoms with Crippen LogP contribution < -0.4 is 9.64 Å². The molecule has 0 saturated heterocycles. The average molecular weight is 348 g/mol. The molecule has 1 atom stereocenters. The molecule has 1 N–H and O–H groups in total. The number of carboxylic acid groups (broad SMARTS) is 1. The predicted molar refractivity (Wildman–Crippen MR) is 82.1 cm³/mol. The lowest BCUT2D eigenvalue weighted by Gasteiger charge is -2.34. The van der Waals surface area contributed by atoms with Crippen LogP contribution in [0.5, 0.6) is 5.75 Å². The van der Waals surface area contributed by atoms with Crippen LogP contribution in [0, 0.1) is 0 Å². The van der Waals surface area contributed by atoms with Gasteiger partial charge in [0.1, 0.15) is 11.4 Å². The summed E-state index contributed by atoms with van der Waals surface area (Å²) in [4.78, 5) is 24.7. The van der Waals surface area contributed by atoms with Crippen LogP contribution >= 0.6 is 23.2 Å². The summed E-state index contributed by atoms with van der Waals surface area (Å²) in [7, 11) is 0. The topological polar surface area (TPSA) is 76.1 Å². The maximum atomic E-state index is 12.3. The molecule has 0 saturated carbocycles. The number of ether oxygens (including phenoxy) is 2. The Morgan fingerprint density at radius 1 is 1.32 bits per heavy atom. The summed E-state index contributed by atoms with van der Waals surface area (Å²) >= 11 is 11.9. The summed E-state index contributed by atoms with van der Waals surface area (Å²) < 4.78 is 10.6.